The molecule has 0 bridgehead atoms. The van der Waals surface area contributed by atoms with Crippen molar-refractivity contribution in [1.29, 1.82) is 0 Å². The van der Waals surface area contributed by atoms with Gasteiger partial charge in [0.2, 0.25) is 5.91 Å². The minimum absolute atomic E-state index is 0.0784. The maximum absolute atomic E-state index is 12.6. The van der Waals surface area contributed by atoms with E-state index in [-0.39, 0.29) is 19.4 Å². The van der Waals surface area contributed by atoms with Gasteiger partial charge in [-0.1, -0.05) is 129 Å². The molecule has 0 spiro atoms. The molecule has 0 radical (unpaired) electrons. The summed E-state index contributed by atoms with van der Waals surface area (Å²) >= 11 is 0. The fraction of sp³-hybridized carbons (Fsp3) is 0.903. The third kappa shape index (κ3) is 28.2. The standard InChI is InChI=1S/C31H59NO8S/c1-3-5-7-9-11-13-15-17-19-21-25-39-30(34)24-23-28(32-29(33)27-41(36,37)38)31(35)40-26-22-20-18-16-14-12-10-8-6-4-2/h28H,3-27H2,1-2H3,(H,32,33)(H,36,37,38)/t28-/m1/s1. The van der Waals surface area contributed by atoms with Crippen molar-refractivity contribution in [3.8, 4) is 0 Å². The minimum atomic E-state index is -4.55. The summed E-state index contributed by atoms with van der Waals surface area (Å²) < 4.78 is 41.5. The number of ether oxygens (including phenoxy) is 2. The maximum atomic E-state index is 12.6. The van der Waals surface area contributed by atoms with Gasteiger partial charge in [-0.2, -0.15) is 8.42 Å². The van der Waals surface area contributed by atoms with Gasteiger partial charge in [0.15, 0.2) is 5.75 Å². The van der Waals surface area contributed by atoms with Gasteiger partial charge in [0, 0.05) is 6.42 Å². The van der Waals surface area contributed by atoms with Gasteiger partial charge in [0.1, 0.15) is 6.04 Å². The fourth-order valence-electron chi connectivity index (χ4n) is 4.62. The molecule has 0 aromatic carbocycles. The molecule has 2 N–H and O–H groups in total. The van der Waals surface area contributed by atoms with Crippen LogP contribution in [0.3, 0.4) is 0 Å². The highest BCUT2D eigenvalue weighted by Gasteiger charge is 2.25. The van der Waals surface area contributed by atoms with Crippen molar-refractivity contribution in [2.75, 3.05) is 19.0 Å². The van der Waals surface area contributed by atoms with E-state index >= 15 is 0 Å². The van der Waals surface area contributed by atoms with Crippen LogP contribution in [0.4, 0.5) is 0 Å². The van der Waals surface area contributed by atoms with E-state index in [9.17, 15) is 22.8 Å². The Hall–Kier alpha value is -1.68. The zero-order valence-corrected chi connectivity index (χ0v) is 26.8. The van der Waals surface area contributed by atoms with E-state index in [0.717, 1.165) is 38.5 Å². The highest BCUT2D eigenvalue weighted by atomic mass is 32.2. The van der Waals surface area contributed by atoms with Gasteiger partial charge < -0.3 is 14.8 Å². The first-order chi connectivity index (χ1) is 19.7. The van der Waals surface area contributed by atoms with Crippen LogP contribution in [-0.4, -0.2) is 55.8 Å². The highest BCUT2D eigenvalue weighted by molar-refractivity contribution is 7.86. The van der Waals surface area contributed by atoms with Crippen LogP contribution >= 0.6 is 0 Å². The fourth-order valence-corrected chi connectivity index (χ4v) is 5.04. The van der Waals surface area contributed by atoms with Gasteiger partial charge >= 0.3 is 11.9 Å². The van der Waals surface area contributed by atoms with E-state index in [0.29, 0.717) is 13.0 Å². The van der Waals surface area contributed by atoms with Crippen molar-refractivity contribution in [2.24, 2.45) is 0 Å². The molecule has 1 atom stereocenters. The van der Waals surface area contributed by atoms with Crippen LogP contribution in [0.25, 0.3) is 0 Å². The molecule has 9 nitrogen and oxygen atoms in total. The van der Waals surface area contributed by atoms with E-state index in [1.807, 2.05) is 0 Å². The predicted octanol–water partition coefficient (Wildman–Crippen LogP) is 7.07. The monoisotopic (exact) mass is 605 g/mol. The van der Waals surface area contributed by atoms with Crippen LogP contribution in [0.15, 0.2) is 0 Å². The largest absolute Gasteiger partial charge is 0.466 e. The van der Waals surface area contributed by atoms with Gasteiger partial charge in [0.05, 0.1) is 13.2 Å². The number of hydrogen-bond donors (Lipinski definition) is 2. The number of esters is 2. The highest BCUT2D eigenvalue weighted by Crippen LogP contribution is 2.12. The summed E-state index contributed by atoms with van der Waals surface area (Å²) in [6.45, 7) is 4.91. The SMILES string of the molecule is CCCCCCCCCCCCOC(=O)CC[C@@H](NC(=O)CS(=O)(=O)O)C(=O)OCCCCCCCCCCCC. The molecule has 1 amide bonds. The Morgan fingerprint density at radius 2 is 1.02 bits per heavy atom. The lowest BCUT2D eigenvalue weighted by atomic mass is 10.1. The van der Waals surface area contributed by atoms with Crippen LogP contribution in [0.1, 0.15) is 155 Å². The summed E-state index contributed by atoms with van der Waals surface area (Å²) in [5.74, 6) is -3.42. The van der Waals surface area contributed by atoms with E-state index < -0.39 is 39.8 Å². The average molecular weight is 606 g/mol. The number of hydrogen-bond acceptors (Lipinski definition) is 7. The molecule has 0 unspecified atom stereocenters. The second kappa shape index (κ2) is 27.2. The van der Waals surface area contributed by atoms with Gasteiger partial charge in [-0.25, -0.2) is 4.79 Å². The van der Waals surface area contributed by atoms with Crippen molar-refractivity contribution in [2.45, 2.75) is 161 Å². The Labute approximate surface area is 250 Å². The van der Waals surface area contributed by atoms with Crippen LogP contribution < -0.4 is 5.32 Å². The zero-order valence-electron chi connectivity index (χ0n) is 26.0. The molecule has 0 saturated carbocycles. The molecule has 0 fully saturated rings. The van der Waals surface area contributed by atoms with Crippen LogP contribution in [0, 0.1) is 0 Å². The van der Waals surface area contributed by atoms with Crippen LogP contribution in [0.2, 0.25) is 0 Å². The summed E-state index contributed by atoms with van der Waals surface area (Å²) in [4.78, 5) is 36.7. The lowest BCUT2D eigenvalue weighted by Gasteiger charge is -2.17. The molecule has 0 rings (SSSR count). The van der Waals surface area contributed by atoms with E-state index in [1.54, 1.807) is 0 Å². The maximum Gasteiger partial charge on any atom is 0.328 e. The van der Waals surface area contributed by atoms with E-state index in [4.69, 9.17) is 14.0 Å². The normalized spacial score (nSPS) is 12.2. The van der Waals surface area contributed by atoms with Crippen molar-refractivity contribution < 1.29 is 36.8 Å². The van der Waals surface area contributed by atoms with Crippen molar-refractivity contribution in [1.82, 2.24) is 5.32 Å². The number of unbranched alkanes of at least 4 members (excludes halogenated alkanes) is 18. The Bertz CT molecular complexity index is 772. The van der Waals surface area contributed by atoms with Gasteiger partial charge in [0.25, 0.3) is 10.1 Å². The van der Waals surface area contributed by atoms with Gasteiger partial charge in [-0.05, 0) is 19.3 Å². The van der Waals surface area contributed by atoms with Crippen molar-refractivity contribution in [3.05, 3.63) is 0 Å². The lowest BCUT2D eigenvalue weighted by Crippen LogP contribution is -2.44. The quantitative estimate of drug-likeness (QED) is 0.0525. The second-order valence-corrected chi connectivity index (χ2v) is 12.6. The number of rotatable bonds is 29. The summed E-state index contributed by atoms with van der Waals surface area (Å²) in [7, 11) is -4.55. The summed E-state index contributed by atoms with van der Waals surface area (Å²) in [6, 6.07) is -1.20. The van der Waals surface area contributed by atoms with Gasteiger partial charge in [-0.3, -0.25) is 14.1 Å². The molecule has 0 aliphatic rings. The predicted molar refractivity (Wildman–Crippen MR) is 163 cm³/mol. The van der Waals surface area contributed by atoms with E-state index in [2.05, 4.69) is 19.2 Å². The van der Waals surface area contributed by atoms with Crippen LogP contribution in [-0.2, 0) is 34.0 Å². The Kier molecular flexibility index (Phi) is 26.1. The summed E-state index contributed by atoms with van der Waals surface area (Å²) in [6.07, 6.45) is 23.0. The molecule has 0 aliphatic heterocycles. The molecular formula is C31H59NO8S. The molecule has 41 heavy (non-hydrogen) atoms. The first-order valence-electron chi connectivity index (χ1n) is 16.3. The third-order valence-corrected chi connectivity index (χ3v) is 7.70. The Morgan fingerprint density at radius 3 is 1.44 bits per heavy atom. The molecule has 0 heterocycles. The zero-order chi connectivity index (χ0) is 30.6. The molecule has 0 aliphatic carbocycles. The van der Waals surface area contributed by atoms with Gasteiger partial charge in [-0.15, -0.1) is 0 Å². The number of carbonyl (C=O) groups is 3. The molecular weight excluding hydrogens is 546 g/mol. The number of amides is 1. The Morgan fingerprint density at radius 1 is 0.634 bits per heavy atom. The summed E-state index contributed by atoms with van der Waals surface area (Å²) in [5.41, 5.74) is 0. The first-order valence-corrected chi connectivity index (χ1v) is 17.9. The van der Waals surface area contributed by atoms with Crippen molar-refractivity contribution in [3.63, 3.8) is 0 Å². The number of nitrogens with one attached hydrogen (secondary N) is 1. The third-order valence-electron chi connectivity index (χ3n) is 7.07. The minimum Gasteiger partial charge on any atom is -0.466 e. The molecule has 0 aromatic rings. The first kappa shape index (κ1) is 39.3. The molecule has 242 valence electrons. The second-order valence-electron chi connectivity index (χ2n) is 11.1. The Balaban J connectivity index is 4.25. The number of carbonyl (C=O) groups excluding carboxylic acids is 3. The van der Waals surface area contributed by atoms with E-state index in [1.165, 1.54) is 83.5 Å². The lowest BCUT2D eigenvalue weighted by molar-refractivity contribution is -0.149. The molecule has 10 heteroatoms. The average Bonchev–Trinajstić information content (AvgIpc) is 2.91. The summed E-state index contributed by atoms with van der Waals surface area (Å²) in [5, 5.41) is 2.27. The van der Waals surface area contributed by atoms with Crippen LogP contribution in [0.5, 0.6) is 0 Å². The smallest absolute Gasteiger partial charge is 0.328 e. The molecule has 0 saturated heterocycles. The topological polar surface area (TPSA) is 136 Å². The van der Waals surface area contributed by atoms with Crippen molar-refractivity contribution >= 4 is 28.0 Å². The molecule has 0 aromatic heterocycles.